The van der Waals surface area contributed by atoms with E-state index in [0.29, 0.717) is 17.7 Å². The number of hydrogen-bond acceptors (Lipinski definition) is 4. The minimum atomic E-state index is -0.369. The van der Waals surface area contributed by atoms with E-state index in [2.05, 4.69) is 23.7 Å². The topological polar surface area (TPSA) is 61.8 Å². The molecule has 26 heavy (non-hydrogen) atoms. The van der Waals surface area contributed by atoms with Gasteiger partial charge in [0.25, 0.3) is 5.56 Å². The molecule has 136 valence electrons. The Morgan fingerprint density at radius 3 is 2.58 bits per heavy atom. The van der Waals surface area contributed by atoms with Crippen molar-refractivity contribution in [1.82, 2.24) is 18.7 Å². The maximum atomic E-state index is 12.6. The number of aromatic nitrogens is 4. The maximum Gasteiger partial charge on any atom is 0.332 e. The lowest BCUT2D eigenvalue weighted by Crippen LogP contribution is -2.37. The summed E-state index contributed by atoms with van der Waals surface area (Å²) in [5.74, 6) is 0.879. The Bertz CT molecular complexity index is 1050. The molecule has 0 saturated carbocycles. The fraction of sp³-hybridized carbons (Fsp3) is 0.316. The lowest BCUT2D eigenvalue weighted by molar-refractivity contribution is 0.700. The average Bonchev–Trinajstić information content (AvgIpc) is 3.01. The molecule has 0 N–H and O–H groups in total. The number of benzene rings is 1. The normalized spacial score (nSPS) is 11.2. The predicted molar refractivity (Wildman–Crippen MR) is 106 cm³/mol. The molecule has 1 aromatic carbocycles. The van der Waals surface area contributed by atoms with Gasteiger partial charge in [0.2, 0.25) is 0 Å². The molecule has 0 radical (unpaired) electrons. The summed E-state index contributed by atoms with van der Waals surface area (Å²) in [7, 11) is 3.13. The molecule has 0 fully saturated rings. The zero-order chi connectivity index (χ0) is 18.7. The molecule has 0 saturated heterocycles. The summed E-state index contributed by atoms with van der Waals surface area (Å²) in [6.07, 6.45) is 3.73. The Morgan fingerprint density at radius 2 is 1.88 bits per heavy atom. The van der Waals surface area contributed by atoms with Crippen molar-refractivity contribution in [2.24, 2.45) is 14.1 Å². The lowest BCUT2D eigenvalue weighted by Gasteiger charge is -2.07. The van der Waals surface area contributed by atoms with Crippen LogP contribution in [0.25, 0.3) is 11.2 Å². The molecule has 0 atom stereocenters. The van der Waals surface area contributed by atoms with Crippen LogP contribution in [0.15, 0.2) is 57.7 Å². The highest BCUT2D eigenvalue weighted by Crippen LogP contribution is 2.22. The van der Waals surface area contributed by atoms with Gasteiger partial charge < -0.3 is 4.57 Å². The van der Waals surface area contributed by atoms with Crippen molar-refractivity contribution in [2.75, 3.05) is 5.75 Å². The maximum absolute atomic E-state index is 12.6. The van der Waals surface area contributed by atoms with Crippen LogP contribution in [0.1, 0.15) is 12.0 Å². The van der Waals surface area contributed by atoms with Gasteiger partial charge in [-0.3, -0.25) is 13.9 Å². The highest BCUT2D eigenvalue weighted by Gasteiger charge is 2.18. The van der Waals surface area contributed by atoms with Gasteiger partial charge in [0.15, 0.2) is 16.3 Å². The number of rotatable bonds is 7. The third kappa shape index (κ3) is 3.39. The first kappa shape index (κ1) is 18.3. The Kier molecular flexibility index (Phi) is 5.46. The third-order valence-corrected chi connectivity index (χ3v) is 5.37. The quantitative estimate of drug-likeness (QED) is 0.364. The first-order chi connectivity index (χ1) is 12.5. The minimum absolute atomic E-state index is 0.325. The molecule has 7 heteroatoms. The molecule has 2 heterocycles. The Balaban J connectivity index is 1.88. The fourth-order valence-corrected chi connectivity index (χ4v) is 3.86. The van der Waals surface area contributed by atoms with Gasteiger partial charge in [0.05, 0.1) is 0 Å². The van der Waals surface area contributed by atoms with Crippen LogP contribution in [-0.4, -0.2) is 24.4 Å². The third-order valence-electron chi connectivity index (χ3n) is 4.31. The molecule has 3 rings (SSSR count). The summed E-state index contributed by atoms with van der Waals surface area (Å²) in [4.78, 5) is 29.3. The van der Waals surface area contributed by atoms with Gasteiger partial charge in [-0.05, 0) is 18.4 Å². The molecule has 6 nitrogen and oxygen atoms in total. The second-order valence-corrected chi connectivity index (χ2v) is 7.17. The van der Waals surface area contributed by atoms with E-state index in [1.807, 2.05) is 22.8 Å². The molecular weight excluding hydrogens is 348 g/mol. The van der Waals surface area contributed by atoms with Crippen molar-refractivity contribution in [1.29, 1.82) is 0 Å². The summed E-state index contributed by atoms with van der Waals surface area (Å²) in [5, 5.41) is 0.742. The summed E-state index contributed by atoms with van der Waals surface area (Å²) in [5.41, 5.74) is 1.48. The monoisotopic (exact) mass is 370 g/mol. The van der Waals surface area contributed by atoms with E-state index >= 15 is 0 Å². The Morgan fingerprint density at radius 1 is 1.15 bits per heavy atom. The Labute approximate surface area is 155 Å². The summed E-state index contributed by atoms with van der Waals surface area (Å²) < 4.78 is 4.38. The van der Waals surface area contributed by atoms with Gasteiger partial charge in [-0.1, -0.05) is 48.2 Å². The molecule has 0 amide bonds. The average molecular weight is 370 g/mol. The van der Waals surface area contributed by atoms with Gasteiger partial charge in [-0.15, -0.1) is 6.58 Å². The molecule has 0 aliphatic heterocycles. The largest absolute Gasteiger partial charge is 0.332 e. The number of thioether (sulfide) groups is 1. The second kappa shape index (κ2) is 7.78. The van der Waals surface area contributed by atoms with Crippen LogP contribution >= 0.6 is 11.8 Å². The number of hydrogen-bond donors (Lipinski definition) is 0. The number of fused-ring (bicyclic) bond motifs is 1. The number of imidazole rings is 1. The zero-order valence-corrected chi connectivity index (χ0v) is 15.8. The highest BCUT2D eigenvalue weighted by atomic mass is 32.2. The number of aryl methyl sites for hydroxylation is 2. The van der Waals surface area contributed by atoms with Crippen molar-refractivity contribution in [2.45, 2.75) is 24.5 Å². The second-order valence-electron chi connectivity index (χ2n) is 6.11. The van der Waals surface area contributed by atoms with Crippen LogP contribution in [0.5, 0.6) is 0 Å². The van der Waals surface area contributed by atoms with Crippen LogP contribution in [-0.2, 0) is 27.1 Å². The predicted octanol–water partition coefficient (Wildman–Crippen LogP) is 2.34. The van der Waals surface area contributed by atoms with Crippen molar-refractivity contribution < 1.29 is 0 Å². The first-order valence-corrected chi connectivity index (χ1v) is 9.47. The van der Waals surface area contributed by atoms with Crippen LogP contribution < -0.4 is 11.2 Å². The van der Waals surface area contributed by atoms with Gasteiger partial charge in [0.1, 0.15) is 0 Å². The molecule has 0 spiro atoms. The highest BCUT2D eigenvalue weighted by molar-refractivity contribution is 7.99. The standard InChI is InChI=1S/C19H22N4O2S/c1-4-12-23-15-16(21(2)19(25)22(3)17(15)24)20-18(23)26-13-8-11-14-9-6-5-7-10-14/h4-7,9-10H,1,8,11-13H2,2-3H3. The van der Waals surface area contributed by atoms with Gasteiger partial charge in [0, 0.05) is 26.4 Å². The van der Waals surface area contributed by atoms with E-state index in [0.717, 1.165) is 28.3 Å². The number of nitrogens with zero attached hydrogens (tertiary/aromatic N) is 4. The van der Waals surface area contributed by atoms with Crippen molar-refractivity contribution in [3.8, 4) is 0 Å². The van der Waals surface area contributed by atoms with Gasteiger partial charge in [-0.2, -0.15) is 0 Å². The SMILES string of the molecule is C=CCn1c(SCCCc2ccccc2)nc2c1c(=O)n(C)c(=O)n2C. The van der Waals surface area contributed by atoms with Crippen molar-refractivity contribution >= 4 is 22.9 Å². The summed E-state index contributed by atoms with van der Waals surface area (Å²) >= 11 is 1.60. The van der Waals surface area contributed by atoms with Crippen LogP contribution in [0.3, 0.4) is 0 Å². The van der Waals surface area contributed by atoms with Crippen LogP contribution in [0.2, 0.25) is 0 Å². The Hall–Kier alpha value is -2.54. The molecule has 0 bridgehead atoms. The summed E-state index contributed by atoms with van der Waals surface area (Å²) in [6, 6.07) is 10.3. The van der Waals surface area contributed by atoms with E-state index in [-0.39, 0.29) is 11.2 Å². The van der Waals surface area contributed by atoms with E-state index in [9.17, 15) is 9.59 Å². The minimum Gasteiger partial charge on any atom is -0.309 e. The van der Waals surface area contributed by atoms with Crippen molar-refractivity contribution in [3.63, 3.8) is 0 Å². The molecule has 2 aromatic heterocycles. The molecule has 3 aromatic rings. The molecule has 0 unspecified atom stereocenters. The van der Waals surface area contributed by atoms with Crippen molar-refractivity contribution in [3.05, 3.63) is 69.4 Å². The van der Waals surface area contributed by atoms with Crippen LogP contribution in [0.4, 0.5) is 0 Å². The van der Waals surface area contributed by atoms with E-state index < -0.39 is 0 Å². The fourth-order valence-electron chi connectivity index (χ4n) is 2.92. The number of allylic oxidation sites excluding steroid dienone is 1. The lowest BCUT2D eigenvalue weighted by atomic mass is 10.1. The zero-order valence-electron chi connectivity index (χ0n) is 15.0. The van der Waals surface area contributed by atoms with Gasteiger partial charge in [-0.25, -0.2) is 9.78 Å². The summed E-state index contributed by atoms with van der Waals surface area (Å²) in [6.45, 7) is 4.25. The van der Waals surface area contributed by atoms with Crippen LogP contribution in [0, 0.1) is 0 Å². The van der Waals surface area contributed by atoms with E-state index in [4.69, 9.17) is 0 Å². The molecular formula is C19H22N4O2S. The molecule has 0 aliphatic rings. The van der Waals surface area contributed by atoms with E-state index in [1.165, 1.54) is 17.2 Å². The first-order valence-electron chi connectivity index (χ1n) is 8.48. The molecule has 0 aliphatic carbocycles. The van der Waals surface area contributed by atoms with E-state index in [1.54, 1.807) is 24.9 Å². The smallest absolute Gasteiger partial charge is 0.309 e. The van der Waals surface area contributed by atoms with Gasteiger partial charge >= 0.3 is 5.69 Å².